The van der Waals surface area contributed by atoms with Crippen LogP contribution in [-0.4, -0.2) is 46.2 Å². The number of rotatable bonds is 4. The van der Waals surface area contributed by atoms with Gasteiger partial charge < -0.3 is 15.5 Å². The maximum Gasteiger partial charge on any atom is 0.319 e. The molecule has 1 aromatic carbocycles. The zero-order valence-electron chi connectivity index (χ0n) is 14.8. The molecule has 26 heavy (non-hydrogen) atoms. The smallest absolute Gasteiger partial charge is 0.319 e. The predicted molar refractivity (Wildman–Crippen MR) is 95.5 cm³/mol. The van der Waals surface area contributed by atoms with E-state index in [-0.39, 0.29) is 29.7 Å². The Morgan fingerprint density at radius 2 is 2.04 bits per heavy atom. The van der Waals surface area contributed by atoms with Gasteiger partial charge in [-0.25, -0.2) is 9.18 Å². The summed E-state index contributed by atoms with van der Waals surface area (Å²) in [6, 6.07) is 6.80. The van der Waals surface area contributed by atoms with E-state index in [2.05, 4.69) is 20.8 Å². The molecule has 0 radical (unpaired) electrons. The third kappa shape index (κ3) is 4.19. The Morgan fingerprint density at radius 3 is 2.69 bits per heavy atom. The second-order valence-electron chi connectivity index (χ2n) is 6.71. The Bertz CT molecular complexity index is 787. The minimum absolute atomic E-state index is 0.136. The third-order valence-corrected chi connectivity index (χ3v) is 4.35. The highest BCUT2D eigenvalue weighted by Gasteiger charge is 2.29. The van der Waals surface area contributed by atoms with Crippen molar-refractivity contribution in [2.75, 3.05) is 18.4 Å². The molecule has 1 aromatic heterocycles. The van der Waals surface area contributed by atoms with E-state index in [9.17, 15) is 14.0 Å². The van der Waals surface area contributed by atoms with E-state index >= 15 is 0 Å². The maximum atomic E-state index is 12.9. The van der Waals surface area contributed by atoms with Crippen LogP contribution in [0.5, 0.6) is 0 Å². The van der Waals surface area contributed by atoms with Gasteiger partial charge in [-0.2, -0.15) is 5.10 Å². The van der Waals surface area contributed by atoms with Crippen LogP contribution in [0.2, 0.25) is 0 Å². The summed E-state index contributed by atoms with van der Waals surface area (Å²) in [5.41, 5.74) is 1.82. The van der Waals surface area contributed by atoms with E-state index in [1.54, 1.807) is 11.0 Å². The summed E-state index contributed by atoms with van der Waals surface area (Å²) in [5.74, 6) is -0.233. The molecule has 7 nitrogen and oxygen atoms in total. The van der Waals surface area contributed by atoms with Crippen LogP contribution in [0.15, 0.2) is 30.3 Å². The van der Waals surface area contributed by atoms with Crippen molar-refractivity contribution in [2.45, 2.75) is 32.2 Å². The lowest BCUT2D eigenvalue weighted by atomic mass is 10.1. The molecule has 0 saturated carbocycles. The standard InChI is InChI=1S/C18H22FN5O2/c1-11(2)15-9-16(23-22-15)17(25)24-8-7-14(10-24)21-18(26)20-13-5-3-12(19)4-6-13/h3-6,9,11,14H,7-8,10H2,1-2H3,(H,22,23)(H2,20,21,26)/t14-/m1/s1. The molecular formula is C18H22FN5O2. The highest BCUT2D eigenvalue weighted by atomic mass is 19.1. The van der Waals surface area contributed by atoms with E-state index in [0.29, 0.717) is 30.9 Å². The average Bonchev–Trinajstić information content (AvgIpc) is 3.26. The first kappa shape index (κ1) is 17.9. The monoisotopic (exact) mass is 359 g/mol. The van der Waals surface area contributed by atoms with Crippen LogP contribution >= 0.6 is 0 Å². The van der Waals surface area contributed by atoms with Crippen molar-refractivity contribution in [2.24, 2.45) is 0 Å². The van der Waals surface area contributed by atoms with Crippen LogP contribution in [0.4, 0.5) is 14.9 Å². The lowest BCUT2D eigenvalue weighted by Crippen LogP contribution is -2.40. The number of benzene rings is 1. The van der Waals surface area contributed by atoms with Crippen molar-refractivity contribution in [3.63, 3.8) is 0 Å². The van der Waals surface area contributed by atoms with Gasteiger partial charge in [0.15, 0.2) is 0 Å². The number of nitrogens with one attached hydrogen (secondary N) is 3. The number of halogens is 1. The van der Waals surface area contributed by atoms with Gasteiger partial charge >= 0.3 is 6.03 Å². The molecule has 138 valence electrons. The van der Waals surface area contributed by atoms with E-state index in [0.717, 1.165) is 5.69 Å². The Hall–Kier alpha value is -2.90. The summed E-state index contributed by atoms with van der Waals surface area (Å²) >= 11 is 0. The normalized spacial score (nSPS) is 16.8. The van der Waals surface area contributed by atoms with E-state index in [1.165, 1.54) is 24.3 Å². The molecule has 1 aliphatic rings. The summed E-state index contributed by atoms with van der Waals surface area (Å²) in [7, 11) is 0. The minimum atomic E-state index is -0.377. The molecule has 0 bridgehead atoms. The Labute approximate surface area is 151 Å². The summed E-state index contributed by atoms with van der Waals surface area (Å²) in [5, 5.41) is 12.5. The fourth-order valence-electron chi connectivity index (χ4n) is 2.85. The van der Waals surface area contributed by atoms with Crippen LogP contribution in [0.25, 0.3) is 0 Å². The minimum Gasteiger partial charge on any atom is -0.335 e. The molecule has 3 rings (SSSR count). The molecule has 0 unspecified atom stereocenters. The molecule has 1 atom stereocenters. The molecule has 1 aliphatic heterocycles. The van der Waals surface area contributed by atoms with Gasteiger partial charge in [0.25, 0.3) is 5.91 Å². The highest BCUT2D eigenvalue weighted by Crippen LogP contribution is 2.17. The third-order valence-electron chi connectivity index (χ3n) is 4.35. The fourth-order valence-corrected chi connectivity index (χ4v) is 2.85. The first-order valence-electron chi connectivity index (χ1n) is 8.60. The molecule has 1 saturated heterocycles. The Kier molecular flexibility index (Phi) is 5.20. The van der Waals surface area contributed by atoms with Crippen LogP contribution in [0.3, 0.4) is 0 Å². The van der Waals surface area contributed by atoms with E-state index in [1.807, 2.05) is 13.8 Å². The van der Waals surface area contributed by atoms with Crippen LogP contribution < -0.4 is 10.6 Å². The van der Waals surface area contributed by atoms with Gasteiger partial charge in [-0.3, -0.25) is 9.89 Å². The molecule has 2 aromatic rings. The number of hydrogen-bond acceptors (Lipinski definition) is 3. The number of aromatic amines is 1. The van der Waals surface area contributed by atoms with Gasteiger partial charge in [0, 0.05) is 30.5 Å². The topological polar surface area (TPSA) is 90.1 Å². The van der Waals surface area contributed by atoms with Crippen molar-refractivity contribution in [1.82, 2.24) is 20.4 Å². The number of likely N-dealkylation sites (tertiary alicyclic amines) is 1. The molecule has 0 spiro atoms. The van der Waals surface area contributed by atoms with Crippen LogP contribution in [0.1, 0.15) is 42.4 Å². The van der Waals surface area contributed by atoms with Crippen molar-refractivity contribution < 1.29 is 14.0 Å². The number of hydrogen-bond donors (Lipinski definition) is 3. The van der Waals surface area contributed by atoms with E-state index < -0.39 is 0 Å². The largest absolute Gasteiger partial charge is 0.335 e. The SMILES string of the molecule is CC(C)c1cc(C(=O)N2CC[C@@H](NC(=O)Nc3ccc(F)cc3)C2)n[nH]1. The molecular weight excluding hydrogens is 337 g/mol. The average molecular weight is 359 g/mol. The molecule has 1 fully saturated rings. The number of nitrogens with zero attached hydrogens (tertiary/aromatic N) is 2. The number of carbonyl (C=O) groups is 2. The van der Waals surface area contributed by atoms with Gasteiger partial charge in [0.1, 0.15) is 11.5 Å². The second kappa shape index (κ2) is 7.55. The molecule has 3 N–H and O–H groups in total. The molecule has 8 heteroatoms. The number of H-pyrrole nitrogens is 1. The van der Waals surface area contributed by atoms with Crippen LogP contribution in [0, 0.1) is 5.82 Å². The molecule has 3 amide bonds. The number of urea groups is 1. The molecule has 0 aliphatic carbocycles. The lowest BCUT2D eigenvalue weighted by Gasteiger charge is -2.16. The first-order chi connectivity index (χ1) is 12.4. The van der Waals surface area contributed by atoms with Gasteiger partial charge in [0.2, 0.25) is 0 Å². The van der Waals surface area contributed by atoms with Gasteiger partial charge in [0.05, 0.1) is 0 Å². The second-order valence-corrected chi connectivity index (χ2v) is 6.71. The van der Waals surface area contributed by atoms with Crippen molar-refractivity contribution in [1.29, 1.82) is 0 Å². The predicted octanol–water partition coefficient (Wildman–Crippen LogP) is 2.71. The molecule has 2 heterocycles. The highest BCUT2D eigenvalue weighted by molar-refractivity contribution is 5.93. The van der Waals surface area contributed by atoms with Gasteiger partial charge in [-0.1, -0.05) is 13.8 Å². The zero-order chi connectivity index (χ0) is 18.7. The Balaban J connectivity index is 1.52. The zero-order valence-corrected chi connectivity index (χ0v) is 14.8. The summed E-state index contributed by atoms with van der Waals surface area (Å²) in [6.07, 6.45) is 0.671. The van der Waals surface area contributed by atoms with Gasteiger partial charge in [-0.05, 0) is 42.7 Å². The number of aromatic nitrogens is 2. The number of anilines is 1. The van der Waals surface area contributed by atoms with Crippen molar-refractivity contribution in [3.05, 3.63) is 47.5 Å². The maximum absolute atomic E-state index is 12.9. The fraction of sp³-hybridized carbons (Fsp3) is 0.389. The van der Waals surface area contributed by atoms with Crippen molar-refractivity contribution >= 4 is 17.6 Å². The van der Waals surface area contributed by atoms with Crippen LogP contribution in [-0.2, 0) is 0 Å². The van der Waals surface area contributed by atoms with Crippen molar-refractivity contribution in [3.8, 4) is 0 Å². The lowest BCUT2D eigenvalue weighted by molar-refractivity contribution is 0.0783. The number of amides is 3. The Morgan fingerprint density at radius 1 is 1.31 bits per heavy atom. The number of carbonyl (C=O) groups excluding carboxylic acids is 2. The first-order valence-corrected chi connectivity index (χ1v) is 8.60. The quantitative estimate of drug-likeness (QED) is 0.784. The van der Waals surface area contributed by atoms with Gasteiger partial charge in [-0.15, -0.1) is 0 Å². The summed E-state index contributed by atoms with van der Waals surface area (Å²) < 4.78 is 12.9. The van der Waals surface area contributed by atoms with E-state index in [4.69, 9.17) is 0 Å². The summed E-state index contributed by atoms with van der Waals surface area (Å²) in [6.45, 7) is 5.04. The summed E-state index contributed by atoms with van der Waals surface area (Å²) in [4.78, 5) is 26.2.